The Morgan fingerprint density at radius 3 is 2.36 bits per heavy atom. The van der Waals surface area contributed by atoms with E-state index in [1.807, 2.05) is 35.5 Å². The highest BCUT2D eigenvalue weighted by Gasteiger charge is 2.25. The van der Waals surface area contributed by atoms with Crippen molar-refractivity contribution < 1.29 is 18.6 Å². The first kappa shape index (κ1) is 17.2. The van der Waals surface area contributed by atoms with E-state index in [0.717, 1.165) is 19.4 Å². The average Bonchev–Trinajstić information content (AvgIpc) is 3.20. The minimum absolute atomic E-state index is 0.100. The number of furan rings is 1. The predicted octanol–water partition coefficient (Wildman–Crippen LogP) is 1.72. The van der Waals surface area contributed by atoms with Crippen LogP contribution in [0.3, 0.4) is 0 Å². The zero-order valence-corrected chi connectivity index (χ0v) is 14.3. The summed E-state index contributed by atoms with van der Waals surface area (Å²) in [6.45, 7) is 3.24. The van der Waals surface area contributed by atoms with Crippen molar-refractivity contribution in [2.75, 3.05) is 26.2 Å². The lowest BCUT2D eigenvalue weighted by Crippen LogP contribution is -2.50. The molecule has 0 unspecified atom stereocenters. The summed E-state index contributed by atoms with van der Waals surface area (Å²) in [7, 11) is 0. The molecule has 1 fully saturated rings. The summed E-state index contributed by atoms with van der Waals surface area (Å²) in [5, 5.41) is 0. The number of carbonyl (C=O) groups is 2. The third-order valence-electron chi connectivity index (χ3n) is 4.49. The molecule has 2 aromatic rings. The Labute approximate surface area is 147 Å². The van der Waals surface area contributed by atoms with Gasteiger partial charge in [-0.1, -0.05) is 6.07 Å². The SMILES string of the molecule is O=C(CCCC[n+]1ccccc1)N1CCN(C(=O)c2ccco2)CC1. The Balaban J connectivity index is 1.36. The molecule has 3 heterocycles. The molecule has 2 aromatic heterocycles. The van der Waals surface area contributed by atoms with Crippen molar-refractivity contribution in [2.24, 2.45) is 0 Å². The molecule has 0 radical (unpaired) electrons. The Hall–Kier alpha value is -2.63. The largest absolute Gasteiger partial charge is 0.459 e. The maximum absolute atomic E-state index is 12.3. The molecule has 6 heteroatoms. The van der Waals surface area contributed by atoms with E-state index in [1.54, 1.807) is 17.0 Å². The van der Waals surface area contributed by atoms with Gasteiger partial charge in [0.15, 0.2) is 18.2 Å². The van der Waals surface area contributed by atoms with Gasteiger partial charge < -0.3 is 14.2 Å². The number of aromatic nitrogens is 1. The zero-order chi connectivity index (χ0) is 17.5. The molecule has 2 amide bonds. The number of piperazine rings is 1. The molecular weight excluding hydrogens is 318 g/mol. The number of pyridine rings is 1. The van der Waals surface area contributed by atoms with Crippen molar-refractivity contribution in [3.05, 3.63) is 54.7 Å². The molecule has 132 valence electrons. The highest BCUT2D eigenvalue weighted by Crippen LogP contribution is 2.11. The third kappa shape index (κ3) is 4.68. The summed E-state index contributed by atoms with van der Waals surface area (Å²) in [6, 6.07) is 9.39. The number of nitrogens with zero attached hydrogens (tertiary/aromatic N) is 3. The highest BCUT2D eigenvalue weighted by atomic mass is 16.3. The molecule has 0 spiro atoms. The fourth-order valence-corrected chi connectivity index (χ4v) is 3.03. The zero-order valence-electron chi connectivity index (χ0n) is 14.3. The van der Waals surface area contributed by atoms with Crippen molar-refractivity contribution >= 4 is 11.8 Å². The molecule has 25 heavy (non-hydrogen) atoms. The van der Waals surface area contributed by atoms with E-state index in [9.17, 15) is 9.59 Å². The normalized spacial score (nSPS) is 14.6. The Morgan fingerprint density at radius 2 is 1.68 bits per heavy atom. The van der Waals surface area contributed by atoms with Crippen LogP contribution >= 0.6 is 0 Å². The van der Waals surface area contributed by atoms with Crippen LogP contribution in [0.2, 0.25) is 0 Å². The average molecular weight is 342 g/mol. The van der Waals surface area contributed by atoms with Gasteiger partial charge in [-0.2, -0.15) is 0 Å². The predicted molar refractivity (Wildman–Crippen MR) is 91.7 cm³/mol. The van der Waals surface area contributed by atoms with Gasteiger partial charge in [-0.25, -0.2) is 4.57 Å². The summed E-state index contributed by atoms with van der Waals surface area (Å²) in [4.78, 5) is 28.1. The van der Waals surface area contributed by atoms with Gasteiger partial charge in [-0.05, 0) is 18.6 Å². The number of carbonyl (C=O) groups excluding carboxylic acids is 2. The van der Waals surface area contributed by atoms with E-state index in [-0.39, 0.29) is 11.8 Å². The van der Waals surface area contributed by atoms with Crippen molar-refractivity contribution in [3.63, 3.8) is 0 Å². The number of rotatable bonds is 6. The van der Waals surface area contributed by atoms with E-state index >= 15 is 0 Å². The second-order valence-electron chi connectivity index (χ2n) is 6.22. The van der Waals surface area contributed by atoms with Crippen molar-refractivity contribution in [2.45, 2.75) is 25.8 Å². The molecule has 0 saturated carbocycles. The third-order valence-corrected chi connectivity index (χ3v) is 4.49. The van der Waals surface area contributed by atoms with E-state index in [0.29, 0.717) is 38.4 Å². The lowest BCUT2D eigenvalue weighted by Gasteiger charge is -2.34. The first-order valence-electron chi connectivity index (χ1n) is 8.79. The standard InChI is InChI=1S/C19H24N3O3/c23-18(8-2-5-11-20-9-3-1-4-10-20)21-12-14-22(15-13-21)19(24)17-7-6-16-25-17/h1,3-4,6-7,9-10,16H,2,5,8,11-15H2/q+1. The van der Waals surface area contributed by atoms with Crippen LogP contribution in [0.5, 0.6) is 0 Å². The molecule has 1 saturated heterocycles. The van der Waals surface area contributed by atoms with Gasteiger partial charge in [0.1, 0.15) is 6.54 Å². The molecule has 0 N–H and O–H groups in total. The number of aryl methyl sites for hydroxylation is 1. The van der Waals surface area contributed by atoms with Gasteiger partial charge in [-0.15, -0.1) is 0 Å². The maximum Gasteiger partial charge on any atom is 0.289 e. The van der Waals surface area contributed by atoms with Crippen LogP contribution in [0.4, 0.5) is 0 Å². The first-order chi connectivity index (χ1) is 12.2. The second kappa shape index (κ2) is 8.46. The van der Waals surface area contributed by atoms with Crippen molar-refractivity contribution in [3.8, 4) is 0 Å². The molecule has 0 aromatic carbocycles. The highest BCUT2D eigenvalue weighted by molar-refractivity contribution is 5.91. The summed E-state index contributed by atoms with van der Waals surface area (Å²) >= 11 is 0. The molecule has 0 bridgehead atoms. The number of amides is 2. The summed E-state index contributed by atoms with van der Waals surface area (Å²) in [6.07, 6.45) is 8.01. The molecular formula is C19H24N3O3+. The fourth-order valence-electron chi connectivity index (χ4n) is 3.03. The topological polar surface area (TPSA) is 57.6 Å². The van der Waals surface area contributed by atoms with Crippen molar-refractivity contribution in [1.82, 2.24) is 9.80 Å². The van der Waals surface area contributed by atoms with Gasteiger partial charge in [0.2, 0.25) is 5.91 Å². The van der Waals surface area contributed by atoms with E-state index in [2.05, 4.69) is 4.57 Å². The Bertz CT molecular complexity index is 677. The second-order valence-corrected chi connectivity index (χ2v) is 6.22. The van der Waals surface area contributed by atoms with Crippen LogP contribution in [-0.2, 0) is 11.3 Å². The maximum atomic E-state index is 12.3. The Kier molecular flexibility index (Phi) is 5.82. The smallest absolute Gasteiger partial charge is 0.289 e. The molecule has 0 atom stereocenters. The summed E-state index contributed by atoms with van der Waals surface area (Å²) in [5.74, 6) is 0.443. The van der Waals surface area contributed by atoms with Crippen LogP contribution in [0.25, 0.3) is 0 Å². The summed E-state index contributed by atoms with van der Waals surface area (Å²) < 4.78 is 7.28. The molecule has 6 nitrogen and oxygen atoms in total. The minimum atomic E-state index is -0.100. The number of unbranched alkanes of at least 4 members (excludes halogenated alkanes) is 1. The van der Waals surface area contributed by atoms with Gasteiger partial charge in [0.25, 0.3) is 5.91 Å². The molecule has 1 aliphatic rings. The van der Waals surface area contributed by atoms with Crippen LogP contribution < -0.4 is 4.57 Å². The van der Waals surface area contributed by atoms with E-state index < -0.39 is 0 Å². The van der Waals surface area contributed by atoms with Crippen LogP contribution in [0, 0.1) is 0 Å². The van der Waals surface area contributed by atoms with Crippen molar-refractivity contribution in [1.29, 1.82) is 0 Å². The molecule has 3 rings (SSSR count). The van der Waals surface area contributed by atoms with Gasteiger partial charge in [0, 0.05) is 51.2 Å². The van der Waals surface area contributed by atoms with Crippen LogP contribution in [-0.4, -0.2) is 47.8 Å². The first-order valence-corrected chi connectivity index (χ1v) is 8.79. The van der Waals surface area contributed by atoms with Crippen LogP contribution in [0.15, 0.2) is 53.4 Å². The lowest BCUT2D eigenvalue weighted by atomic mass is 10.2. The lowest BCUT2D eigenvalue weighted by molar-refractivity contribution is -0.697. The molecule has 1 aliphatic heterocycles. The fraction of sp³-hybridized carbons (Fsp3) is 0.421. The van der Waals surface area contributed by atoms with Gasteiger partial charge in [-0.3, -0.25) is 9.59 Å². The Morgan fingerprint density at radius 1 is 0.960 bits per heavy atom. The quantitative estimate of drug-likeness (QED) is 0.593. The number of hydrogen-bond donors (Lipinski definition) is 0. The van der Waals surface area contributed by atoms with Gasteiger partial charge >= 0.3 is 0 Å². The van der Waals surface area contributed by atoms with Gasteiger partial charge in [0.05, 0.1) is 6.26 Å². The van der Waals surface area contributed by atoms with E-state index in [4.69, 9.17) is 4.42 Å². The molecule has 0 aliphatic carbocycles. The van der Waals surface area contributed by atoms with Crippen LogP contribution in [0.1, 0.15) is 29.8 Å². The minimum Gasteiger partial charge on any atom is -0.459 e. The monoisotopic (exact) mass is 342 g/mol. The summed E-state index contributed by atoms with van der Waals surface area (Å²) in [5.41, 5.74) is 0. The van der Waals surface area contributed by atoms with E-state index in [1.165, 1.54) is 6.26 Å². The number of hydrogen-bond acceptors (Lipinski definition) is 3.